The van der Waals surface area contributed by atoms with Crippen LogP contribution in [-0.2, 0) is 0 Å². The number of hydrogen-bond donors (Lipinski definition) is 0. The molecular formula is C18H39ClSi. The van der Waals surface area contributed by atoms with Gasteiger partial charge < -0.3 is 0 Å². The van der Waals surface area contributed by atoms with Crippen molar-refractivity contribution in [3.63, 3.8) is 0 Å². The zero-order valence-corrected chi connectivity index (χ0v) is 16.7. The summed E-state index contributed by atoms with van der Waals surface area (Å²) in [7, 11) is -0.348. The molecule has 0 N–H and O–H groups in total. The van der Waals surface area contributed by atoms with Crippen molar-refractivity contribution in [2.75, 3.05) is 0 Å². The number of halogens is 1. The van der Waals surface area contributed by atoms with E-state index in [0.29, 0.717) is 5.04 Å². The van der Waals surface area contributed by atoms with E-state index in [1.54, 1.807) is 0 Å². The lowest BCUT2D eigenvalue weighted by Crippen LogP contribution is -2.07. The van der Waals surface area contributed by atoms with Gasteiger partial charge in [0.05, 0.1) is 0 Å². The van der Waals surface area contributed by atoms with E-state index in [4.69, 9.17) is 11.1 Å². The maximum atomic E-state index is 6.08. The second-order valence-electron chi connectivity index (χ2n) is 7.29. The fraction of sp³-hybridized carbons (Fsp3) is 1.00. The third-order valence-electron chi connectivity index (χ3n) is 4.32. The first-order chi connectivity index (χ1) is 9.62. The summed E-state index contributed by atoms with van der Waals surface area (Å²) in [5.41, 5.74) is 0. The van der Waals surface area contributed by atoms with Gasteiger partial charge in [-0.3, -0.25) is 0 Å². The fourth-order valence-electron chi connectivity index (χ4n) is 2.69. The van der Waals surface area contributed by atoms with Crippen molar-refractivity contribution < 1.29 is 0 Å². The van der Waals surface area contributed by atoms with E-state index in [1.165, 1.54) is 89.9 Å². The van der Waals surface area contributed by atoms with Crippen molar-refractivity contribution in [1.82, 2.24) is 0 Å². The third-order valence-corrected chi connectivity index (χ3v) is 7.57. The van der Waals surface area contributed by atoms with Crippen LogP contribution in [0.5, 0.6) is 0 Å². The predicted octanol–water partition coefficient (Wildman–Crippen LogP) is 6.99. The highest BCUT2D eigenvalue weighted by Gasteiger charge is 2.15. The topological polar surface area (TPSA) is 0 Å². The maximum absolute atomic E-state index is 6.08. The van der Waals surface area contributed by atoms with Gasteiger partial charge in [-0.2, -0.15) is 11.1 Å². The van der Waals surface area contributed by atoms with Crippen LogP contribution in [0.4, 0.5) is 0 Å². The lowest BCUT2D eigenvalue weighted by Gasteiger charge is -2.20. The molecule has 0 aliphatic rings. The molecule has 122 valence electrons. The smallest absolute Gasteiger partial charge is 0.130 e. The van der Waals surface area contributed by atoms with Crippen LogP contribution >= 0.6 is 11.1 Å². The molecule has 0 rings (SSSR count). The van der Waals surface area contributed by atoms with Gasteiger partial charge in [-0.05, 0) is 11.5 Å². The molecule has 0 bridgehead atoms. The molecule has 0 radical (unpaired) electrons. The van der Waals surface area contributed by atoms with Crippen LogP contribution in [0.2, 0.25) is 5.04 Å². The molecule has 0 amide bonds. The molecule has 0 aliphatic carbocycles. The van der Waals surface area contributed by atoms with E-state index < -0.39 is 0 Å². The standard InChI is InChI=1S/C18H39ClSi/c1-4-5-6-7-8-9-10-11-12-13-14-15-16-17-18(2,3)20-19/h4-17,20H2,1-3H3. The number of unbranched alkanes of at least 4 members (excludes halogenated alkanes) is 12. The summed E-state index contributed by atoms with van der Waals surface area (Å²) in [5, 5.41) is 0.485. The minimum absolute atomic E-state index is 0.348. The van der Waals surface area contributed by atoms with Crippen molar-refractivity contribution in [1.29, 1.82) is 0 Å². The first-order valence-corrected chi connectivity index (χ1v) is 12.0. The lowest BCUT2D eigenvalue weighted by molar-refractivity contribution is 0.512. The molecule has 0 heterocycles. The Bertz CT molecular complexity index is 192. The minimum Gasteiger partial charge on any atom is -0.176 e. The Balaban J connectivity index is 3.06. The van der Waals surface area contributed by atoms with Gasteiger partial charge in [0.25, 0.3) is 0 Å². The van der Waals surface area contributed by atoms with Gasteiger partial charge in [-0.1, -0.05) is 104 Å². The van der Waals surface area contributed by atoms with Crippen LogP contribution in [-0.4, -0.2) is 8.83 Å². The molecule has 0 spiro atoms. The quantitative estimate of drug-likeness (QED) is 0.173. The molecule has 0 aliphatic heterocycles. The molecule has 20 heavy (non-hydrogen) atoms. The van der Waals surface area contributed by atoms with Gasteiger partial charge >= 0.3 is 0 Å². The van der Waals surface area contributed by atoms with E-state index >= 15 is 0 Å². The van der Waals surface area contributed by atoms with Crippen LogP contribution < -0.4 is 0 Å². The Kier molecular flexibility index (Phi) is 14.8. The summed E-state index contributed by atoms with van der Waals surface area (Å²) in [6.45, 7) is 6.97. The fourth-order valence-corrected chi connectivity index (χ4v) is 3.47. The summed E-state index contributed by atoms with van der Waals surface area (Å²) in [6, 6.07) is 0. The Morgan fingerprint density at radius 3 is 1.35 bits per heavy atom. The van der Waals surface area contributed by atoms with Crippen molar-refractivity contribution in [2.24, 2.45) is 0 Å². The molecule has 0 nitrogen and oxygen atoms in total. The molecule has 0 aromatic heterocycles. The molecule has 0 fully saturated rings. The Hall–Kier alpha value is 0.507. The normalized spacial score (nSPS) is 12.6. The zero-order chi connectivity index (χ0) is 15.1. The van der Waals surface area contributed by atoms with E-state index in [9.17, 15) is 0 Å². The molecule has 0 aromatic rings. The third kappa shape index (κ3) is 14.9. The van der Waals surface area contributed by atoms with E-state index in [2.05, 4.69) is 20.8 Å². The predicted molar refractivity (Wildman–Crippen MR) is 98.8 cm³/mol. The van der Waals surface area contributed by atoms with Gasteiger partial charge in [0.1, 0.15) is 8.83 Å². The highest BCUT2D eigenvalue weighted by atomic mass is 35.6. The number of hydrogen-bond acceptors (Lipinski definition) is 0. The summed E-state index contributed by atoms with van der Waals surface area (Å²) in [5.74, 6) is 0. The summed E-state index contributed by atoms with van der Waals surface area (Å²) < 4.78 is 0. The maximum Gasteiger partial charge on any atom is 0.130 e. The van der Waals surface area contributed by atoms with Gasteiger partial charge in [-0.25, -0.2) is 0 Å². The molecule has 0 saturated heterocycles. The molecule has 0 aromatic carbocycles. The van der Waals surface area contributed by atoms with Crippen molar-refractivity contribution >= 4 is 19.9 Å². The number of rotatable bonds is 15. The zero-order valence-electron chi connectivity index (χ0n) is 14.5. The van der Waals surface area contributed by atoms with Crippen molar-refractivity contribution in [2.45, 2.75) is 116 Å². The SMILES string of the molecule is CCCCCCCCCCCCCCCC(C)(C)[SiH2]Cl. The monoisotopic (exact) mass is 318 g/mol. The lowest BCUT2D eigenvalue weighted by atomic mass is 10.0. The van der Waals surface area contributed by atoms with E-state index in [0.717, 1.165) is 0 Å². The molecular weight excluding hydrogens is 280 g/mol. The van der Waals surface area contributed by atoms with Gasteiger partial charge in [0, 0.05) is 0 Å². The second-order valence-corrected chi connectivity index (χ2v) is 10.3. The average Bonchev–Trinajstić information content (AvgIpc) is 2.44. The second kappa shape index (κ2) is 14.4. The Morgan fingerprint density at radius 1 is 0.650 bits per heavy atom. The highest BCUT2D eigenvalue weighted by molar-refractivity contribution is 6.95. The van der Waals surface area contributed by atoms with Gasteiger partial charge in [-0.15, -0.1) is 0 Å². The Labute approximate surface area is 136 Å². The van der Waals surface area contributed by atoms with Crippen molar-refractivity contribution in [3.05, 3.63) is 0 Å². The van der Waals surface area contributed by atoms with Crippen LogP contribution in [0.15, 0.2) is 0 Å². The van der Waals surface area contributed by atoms with Gasteiger partial charge in [0.2, 0.25) is 0 Å². The largest absolute Gasteiger partial charge is 0.176 e. The molecule has 0 atom stereocenters. The average molecular weight is 319 g/mol. The highest BCUT2D eigenvalue weighted by Crippen LogP contribution is 2.31. The minimum atomic E-state index is -0.348. The van der Waals surface area contributed by atoms with Crippen LogP contribution in [0.25, 0.3) is 0 Å². The van der Waals surface area contributed by atoms with E-state index in [1.807, 2.05) is 0 Å². The Morgan fingerprint density at radius 2 is 1.00 bits per heavy atom. The van der Waals surface area contributed by atoms with Crippen LogP contribution in [0, 0.1) is 0 Å². The molecule has 0 saturated carbocycles. The summed E-state index contributed by atoms with van der Waals surface area (Å²) in [4.78, 5) is 0. The summed E-state index contributed by atoms with van der Waals surface area (Å²) >= 11 is 6.08. The van der Waals surface area contributed by atoms with Crippen molar-refractivity contribution in [3.8, 4) is 0 Å². The first-order valence-electron chi connectivity index (χ1n) is 9.18. The van der Waals surface area contributed by atoms with Gasteiger partial charge in [0.15, 0.2) is 0 Å². The van der Waals surface area contributed by atoms with E-state index in [-0.39, 0.29) is 8.83 Å². The first kappa shape index (κ1) is 20.5. The van der Waals surface area contributed by atoms with Crippen LogP contribution in [0.1, 0.15) is 111 Å². The molecule has 0 unspecified atom stereocenters. The van der Waals surface area contributed by atoms with Crippen LogP contribution in [0.3, 0.4) is 0 Å². The molecule has 2 heteroatoms. The summed E-state index contributed by atoms with van der Waals surface area (Å²) in [6.07, 6.45) is 20.1.